The van der Waals surface area contributed by atoms with Crippen molar-refractivity contribution >= 4 is 47.2 Å². The van der Waals surface area contributed by atoms with Gasteiger partial charge in [0.1, 0.15) is 6.04 Å². The minimum absolute atomic E-state index is 0.0191. The zero-order valence-electron chi connectivity index (χ0n) is 23.9. The molecule has 1 aromatic rings. The highest BCUT2D eigenvalue weighted by Crippen LogP contribution is 2.60. The molecular formula is C29H38N6O7S. The zero-order chi connectivity index (χ0) is 30.1. The molecule has 5 saturated carbocycles. The molecule has 43 heavy (non-hydrogen) atoms. The highest BCUT2D eigenvalue weighted by molar-refractivity contribution is 7.14. The zero-order valence-corrected chi connectivity index (χ0v) is 24.7. The highest BCUT2D eigenvalue weighted by Gasteiger charge is 2.51. The number of imide groups is 1. The van der Waals surface area contributed by atoms with E-state index in [4.69, 9.17) is 4.74 Å². The second kappa shape index (κ2) is 12.1. The number of aliphatic carboxylic acids is 1. The molecule has 0 saturated heterocycles. The Morgan fingerprint density at radius 2 is 1.79 bits per heavy atom. The van der Waals surface area contributed by atoms with Gasteiger partial charge in [0.05, 0.1) is 11.5 Å². The minimum Gasteiger partial charge on any atom is -0.480 e. The first kappa shape index (κ1) is 29.4. The lowest BCUT2D eigenvalue weighted by molar-refractivity contribution is -0.139. The smallest absolute Gasteiger partial charge is 0.407 e. The van der Waals surface area contributed by atoms with Gasteiger partial charge in [0, 0.05) is 41.8 Å². The summed E-state index contributed by atoms with van der Waals surface area (Å²) < 4.78 is 5.54. The Morgan fingerprint density at radius 3 is 2.44 bits per heavy atom. The number of aliphatic imine (C=N–C) groups is 1. The van der Waals surface area contributed by atoms with Crippen LogP contribution in [0.2, 0.25) is 0 Å². The first-order chi connectivity index (χ1) is 20.7. The molecule has 232 valence electrons. The number of alkyl carbamates (subject to hydrolysis) is 1. The van der Waals surface area contributed by atoms with E-state index in [1.165, 1.54) is 30.6 Å². The van der Waals surface area contributed by atoms with Gasteiger partial charge in [-0.25, -0.2) is 14.4 Å². The van der Waals surface area contributed by atoms with Gasteiger partial charge in [-0.15, -0.1) is 11.3 Å². The highest BCUT2D eigenvalue weighted by atomic mass is 32.1. The van der Waals surface area contributed by atoms with Crippen molar-refractivity contribution in [3.8, 4) is 0 Å². The topological polar surface area (TPSA) is 187 Å². The number of thiophene rings is 1. The summed E-state index contributed by atoms with van der Waals surface area (Å²) in [6.45, 7) is 1.30. The number of urea groups is 1. The summed E-state index contributed by atoms with van der Waals surface area (Å²) in [5.74, 6) is -0.163. The minimum atomic E-state index is -1.34. The number of hydrogen-bond acceptors (Lipinski definition) is 9. The van der Waals surface area contributed by atoms with Crippen LogP contribution in [0.25, 0.3) is 0 Å². The third kappa shape index (κ3) is 6.94. The van der Waals surface area contributed by atoms with E-state index in [9.17, 15) is 29.1 Å². The number of guanidine groups is 1. The Balaban J connectivity index is 0.936. The Hall–Kier alpha value is -3.68. The van der Waals surface area contributed by atoms with Crippen LogP contribution in [0.3, 0.4) is 0 Å². The van der Waals surface area contributed by atoms with E-state index in [-0.39, 0.29) is 23.8 Å². The fourth-order valence-electron chi connectivity index (χ4n) is 7.78. The van der Waals surface area contributed by atoms with Gasteiger partial charge in [-0.1, -0.05) is 0 Å². The number of amides is 5. The van der Waals surface area contributed by atoms with Crippen LogP contribution in [-0.2, 0) is 14.3 Å². The molecule has 6 aliphatic rings. The van der Waals surface area contributed by atoms with Gasteiger partial charge >= 0.3 is 18.1 Å². The van der Waals surface area contributed by atoms with Crippen LogP contribution < -0.4 is 26.6 Å². The van der Waals surface area contributed by atoms with E-state index in [2.05, 4.69) is 31.6 Å². The normalized spacial score (nSPS) is 30.7. The Bertz CT molecular complexity index is 1290. The molecular weight excluding hydrogens is 576 g/mol. The maximum atomic E-state index is 12.8. The van der Waals surface area contributed by atoms with Crippen LogP contribution in [0, 0.1) is 29.1 Å². The molecule has 13 nitrogen and oxygen atoms in total. The molecule has 4 bridgehead atoms. The van der Waals surface area contributed by atoms with E-state index in [1.807, 2.05) is 0 Å². The van der Waals surface area contributed by atoms with Crippen LogP contribution >= 0.6 is 11.3 Å². The van der Waals surface area contributed by atoms with E-state index >= 15 is 0 Å². The molecule has 2 heterocycles. The van der Waals surface area contributed by atoms with E-state index < -0.39 is 35.9 Å². The Kier molecular flexibility index (Phi) is 8.29. The number of ether oxygens (including phenoxy) is 1. The number of carboxylic acid groups (broad SMARTS) is 1. The summed E-state index contributed by atoms with van der Waals surface area (Å²) in [4.78, 5) is 67.0. The van der Waals surface area contributed by atoms with Crippen molar-refractivity contribution in [1.82, 2.24) is 26.6 Å². The van der Waals surface area contributed by atoms with Crippen LogP contribution in [0.4, 0.5) is 9.59 Å². The van der Waals surface area contributed by atoms with E-state index in [1.54, 1.807) is 12.1 Å². The SMILES string of the molecule is O=C(NC(=O)C1CC1c1ccc(C(=O)NC[C@H](NC(=O)OCC23CC4CC(CC(C4)C2)C3)C(=O)O)s1)NC1=NCCCN1. The molecule has 0 spiro atoms. The summed E-state index contributed by atoms with van der Waals surface area (Å²) in [5, 5.41) is 22.4. The van der Waals surface area contributed by atoms with Gasteiger partial charge < -0.3 is 25.8 Å². The van der Waals surface area contributed by atoms with E-state index in [0.717, 1.165) is 30.6 Å². The summed E-state index contributed by atoms with van der Waals surface area (Å²) >= 11 is 1.21. The van der Waals surface area contributed by atoms with Crippen molar-refractivity contribution in [2.75, 3.05) is 26.2 Å². The van der Waals surface area contributed by atoms with Crippen LogP contribution in [0.5, 0.6) is 0 Å². The fourth-order valence-corrected chi connectivity index (χ4v) is 8.89. The van der Waals surface area contributed by atoms with Gasteiger partial charge in [0.2, 0.25) is 5.91 Å². The lowest BCUT2D eigenvalue weighted by atomic mass is 9.50. The Labute approximate surface area is 253 Å². The largest absolute Gasteiger partial charge is 0.480 e. The van der Waals surface area contributed by atoms with Crippen LogP contribution in [0.15, 0.2) is 17.1 Å². The third-order valence-electron chi connectivity index (χ3n) is 9.44. The quantitative estimate of drug-likeness (QED) is 0.244. The average molecular weight is 615 g/mol. The van der Waals surface area contributed by atoms with Gasteiger partial charge in [-0.3, -0.25) is 25.2 Å². The predicted octanol–water partition coefficient (Wildman–Crippen LogP) is 2.15. The molecule has 5 aliphatic carbocycles. The molecule has 0 radical (unpaired) electrons. The molecule has 0 aromatic carbocycles. The van der Waals surface area contributed by atoms with Crippen molar-refractivity contribution in [3.05, 3.63) is 21.9 Å². The molecule has 1 aromatic heterocycles. The summed E-state index contributed by atoms with van der Waals surface area (Å²) in [5.41, 5.74) is 0.0191. The third-order valence-corrected chi connectivity index (χ3v) is 10.7. The summed E-state index contributed by atoms with van der Waals surface area (Å²) in [6, 6.07) is 1.39. The Morgan fingerprint density at radius 1 is 1.07 bits per heavy atom. The second-order valence-corrected chi connectivity index (χ2v) is 14.0. The number of hydrogen-bond donors (Lipinski definition) is 6. The standard InChI is InChI=1S/C29H38N6O7S/c36-23(34-27(40)35-26-30-4-1-5-31-26)19-9-18(19)21-2-3-22(43-21)24(37)32-13-20(25(38)39)33-28(41)42-14-29-10-15-6-16(11-29)8-17(7-15)12-29/h2-3,15-20H,1,4-14H2,(H,32,37)(H,33,41)(H,38,39)(H3,30,31,34,35,36,40)/t15?,16?,17?,18?,19?,20-,29?/m0/s1. The molecule has 3 atom stereocenters. The molecule has 2 unspecified atom stereocenters. The number of rotatable bonds is 9. The fraction of sp³-hybridized carbons (Fsp3) is 0.655. The average Bonchev–Trinajstić information content (AvgIpc) is 3.61. The van der Waals surface area contributed by atoms with Gasteiger partial charge in [-0.2, -0.15) is 0 Å². The summed E-state index contributed by atoms with van der Waals surface area (Å²) in [7, 11) is 0. The maximum absolute atomic E-state index is 12.8. The molecule has 1 aliphatic heterocycles. The number of nitrogens with one attached hydrogen (secondary N) is 5. The van der Waals surface area contributed by atoms with Crippen molar-refractivity contribution < 1.29 is 33.8 Å². The van der Waals surface area contributed by atoms with Crippen molar-refractivity contribution in [2.24, 2.45) is 34.1 Å². The maximum Gasteiger partial charge on any atom is 0.407 e. The molecule has 7 rings (SSSR count). The molecule has 5 fully saturated rings. The van der Waals surface area contributed by atoms with Crippen LogP contribution in [-0.4, -0.2) is 73.3 Å². The van der Waals surface area contributed by atoms with Crippen molar-refractivity contribution in [2.45, 2.75) is 63.3 Å². The van der Waals surface area contributed by atoms with Crippen LogP contribution in [0.1, 0.15) is 71.8 Å². The first-order valence-electron chi connectivity index (χ1n) is 15.1. The van der Waals surface area contributed by atoms with Crippen molar-refractivity contribution in [3.63, 3.8) is 0 Å². The number of nitrogens with zero attached hydrogens (tertiary/aromatic N) is 1. The van der Waals surface area contributed by atoms with Gasteiger partial charge in [0.15, 0.2) is 5.96 Å². The summed E-state index contributed by atoms with van der Waals surface area (Å²) in [6.07, 6.45) is 7.70. The van der Waals surface area contributed by atoms with Gasteiger partial charge in [-0.05, 0) is 81.3 Å². The molecule has 5 amide bonds. The predicted molar refractivity (Wildman–Crippen MR) is 156 cm³/mol. The monoisotopic (exact) mass is 614 g/mol. The number of carbonyl (C=O) groups excluding carboxylic acids is 4. The first-order valence-corrected chi connectivity index (χ1v) is 15.9. The number of carbonyl (C=O) groups is 5. The van der Waals surface area contributed by atoms with Crippen molar-refractivity contribution in [1.29, 1.82) is 0 Å². The molecule has 6 N–H and O–H groups in total. The number of carboxylic acids is 1. The van der Waals surface area contributed by atoms with Gasteiger partial charge in [0.25, 0.3) is 5.91 Å². The lowest BCUT2D eigenvalue weighted by Gasteiger charge is -2.56. The lowest BCUT2D eigenvalue weighted by Crippen LogP contribution is -2.51. The second-order valence-electron chi connectivity index (χ2n) is 12.8. The molecule has 14 heteroatoms. The van der Waals surface area contributed by atoms with E-state index in [0.29, 0.717) is 54.7 Å².